The molecule has 1 saturated heterocycles. The van der Waals surface area contributed by atoms with E-state index in [9.17, 15) is 4.79 Å². The van der Waals surface area contributed by atoms with Crippen LogP contribution in [0.25, 0.3) is 0 Å². The molecule has 1 aliphatic heterocycles. The normalized spacial score (nSPS) is 19.5. The Labute approximate surface area is 106 Å². The maximum absolute atomic E-state index is 12.2. The van der Waals surface area contributed by atoms with E-state index in [4.69, 9.17) is 11.6 Å². The highest BCUT2D eigenvalue weighted by Crippen LogP contribution is 2.22. The summed E-state index contributed by atoms with van der Waals surface area (Å²) in [6.45, 7) is 3.73. The highest BCUT2D eigenvalue weighted by Gasteiger charge is 2.26. The van der Waals surface area contributed by atoms with Crippen LogP contribution in [0.15, 0.2) is 12.1 Å². The van der Waals surface area contributed by atoms with Crippen molar-refractivity contribution in [1.82, 2.24) is 9.88 Å². The molecule has 5 heteroatoms. The molecule has 1 aliphatic rings. The van der Waals surface area contributed by atoms with Crippen molar-refractivity contribution < 1.29 is 4.79 Å². The molecule has 4 nitrogen and oxygen atoms in total. The van der Waals surface area contributed by atoms with E-state index in [1.807, 2.05) is 4.90 Å². The van der Waals surface area contributed by atoms with Crippen LogP contribution in [0.1, 0.15) is 23.8 Å². The van der Waals surface area contributed by atoms with Gasteiger partial charge in [0.25, 0.3) is 5.91 Å². The number of pyridine rings is 1. The summed E-state index contributed by atoms with van der Waals surface area (Å²) in [6, 6.07) is 3.46. The van der Waals surface area contributed by atoms with Gasteiger partial charge in [0.05, 0.1) is 5.02 Å². The van der Waals surface area contributed by atoms with Gasteiger partial charge in [0.1, 0.15) is 11.5 Å². The van der Waals surface area contributed by atoms with Gasteiger partial charge in [0.2, 0.25) is 0 Å². The van der Waals surface area contributed by atoms with Crippen LogP contribution in [-0.4, -0.2) is 35.9 Å². The molecule has 1 unspecified atom stereocenters. The van der Waals surface area contributed by atoms with E-state index in [0.29, 0.717) is 22.5 Å². The average Bonchev–Trinajstić information content (AvgIpc) is 2.76. The van der Waals surface area contributed by atoms with Crippen molar-refractivity contribution in [2.75, 3.05) is 25.5 Å². The number of hydrogen-bond acceptors (Lipinski definition) is 3. The fourth-order valence-electron chi connectivity index (χ4n) is 2.00. The van der Waals surface area contributed by atoms with E-state index in [1.54, 1.807) is 19.2 Å². The first kappa shape index (κ1) is 12.2. The second-order valence-electron chi connectivity index (χ2n) is 4.42. The third-order valence-electron chi connectivity index (χ3n) is 3.02. The zero-order chi connectivity index (χ0) is 12.4. The van der Waals surface area contributed by atoms with Gasteiger partial charge in [-0.1, -0.05) is 18.5 Å². The van der Waals surface area contributed by atoms with Gasteiger partial charge in [-0.15, -0.1) is 0 Å². The molecule has 1 N–H and O–H groups in total. The van der Waals surface area contributed by atoms with E-state index in [2.05, 4.69) is 17.2 Å². The van der Waals surface area contributed by atoms with Gasteiger partial charge in [-0.2, -0.15) is 0 Å². The Bertz CT molecular complexity index is 436. The van der Waals surface area contributed by atoms with Gasteiger partial charge in [-0.05, 0) is 24.5 Å². The molecule has 17 heavy (non-hydrogen) atoms. The fourth-order valence-corrected chi connectivity index (χ4v) is 2.19. The molecule has 0 spiro atoms. The lowest BCUT2D eigenvalue weighted by atomic mass is 10.2. The predicted molar refractivity (Wildman–Crippen MR) is 68.5 cm³/mol. The van der Waals surface area contributed by atoms with Gasteiger partial charge in [0, 0.05) is 20.1 Å². The van der Waals surface area contributed by atoms with Gasteiger partial charge < -0.3 is 10.2 Å². The van der Waals surface area contributed by atoms with Crippen molar-refractivity contribution in [1.29, 1.82) is 0 Å². The molecule has 0 aromatic carbocycles. The van der Waals surface area contributed by atoms with Crippen LogP contribution in [-0.2, 0) is 0 Å². The number of nitrogens with zero attached hydrogens (tertiary/aromatic N) is 2. The highest BCUT2D eigenvalue weighted by molar-refractivity contribution is 6.33. The first-order valence-electron chi connectivity index (χ1n) is 5.75. The van der Waals surface area contributed by atoms with Crippen LogP contribution in [0.5, 0.6) is 0 Å². The number of rotatable bonds is 2. The van der Waals surface area contributed by atoms with Gasteiger partial charge in [0.15, 0.2) is 0 Å². The lowest BCUT2D eigenvalue weighted by Crippen LogP contribution is -2.29. The van der Waals surface area contributed by atoms with Crippen molar-refractivity contribution >= 4 is 23.3 Å². The number of hydrogen-bond donors (Lipinski definition) is 1. The highest BCUT2D eigenvalue weighted by atomic mass is 35.5. The molecule has 1 atom stereocenters. The number of likely N-dealkylation sites (tertiary alicyclic amines) is 1. The van der Waals surface area contributed by atoms with E-state index in [1.165, 1.54) is 0 Å². The lowest BCUT2D eigenvalue weighted by molar-refractivity contribution is 0.0782. The van der Waals surface area contributed by atoms with Crippen molar-refractivity contribution in [2.45, 2.75) is 13.3 Å². The zero-order valence-electron chi connectivity index (χ0n) is 10.0. The summed E-state index contributed by atoms with van der Waals surface area (Å²) < 4.78 is 0. The maximum atomic E-state index is 12.2. The quantitative estimate of drug-likeness (QED) is 0.879. The molecule has 1 aromatic rings. The SMILES string of the molecule is CNc1ccc(Cl)c(C(=O)N2CCC(C)C2)n1. The molecule has 2 rings (SSSR count). The summed E-state index contributed by atoms with van der Waals surface area (Å²) in [4.78, 5) is 18.3. The third-order valence-corrected chi connectivity index (χ3v) is 3.32. The van der Waals surface area contributed by atoms with Crippen molar-refractivity contribution in [3.8, 4) is 0 Å². The number of aromatic nitrogens is 1. The average molecular weight is 254 g/mol. The van der Waals surface area contributed by atoms with Crippen molar-refractivity contribution in [3.63, 3.8) is 0 Å². The van der Waals surface area contributed by atoms with Crippen LogP contribution >= 0.6 is 11.6 Å². The Balaban J connectivity index is 2.24. The molecule has 1 fully saturated rings. The Morgan fingerprint density at radius 1 is 1.59 bits per heavy atom. The monoisotopic (exact) mass is 253 g/mol. The lowest BCUT2D eigenvalue weighted by Gasteiger charge is -2.16. The number of amides is 1. The minimum atomic E-state index is -0.0727. The minimum Gasteiger partial charge on any atom is -0.373 e. The first-order chi connectivity index (χ1) is 8.11. The van der Waals surface area contributed by atoms with Crippen LogP contribution in [0.3, 0.4) is 0 Å². The minimum absolute atomic E-state index is 0.0727. The van der Waals surface area contributed by atoms with Crippen molar-refractivity contribution in [2.24, 2.45) is 5.92 Å². The molecule has 0 aliphatic carbocycles. The Kier molecular flexibility index (Phi) is 3.52. The Hall–Kier alpha value is -1.29. The zero-order valence-corrected chi connectivity index (χ0v) is 10.8. The van der Waals surface area contributed by atoms with Gasteiger partial charge in [-0.25, -0.2) is 4.98 Å². The molecule has 1 aromatic heterocycles. The number of carbonyl (C=O) groups is 1. The Morgan fingerprint density at radius 2 is 2.35 bits per heavy atom. The molecule has 1 amide bonds. The van der Waals surface area contributed by atoms with Gasteiger partial charge >= 0.3 is 0 Å². The third kappa shape index (κ3) is 2.52. The molecule has 0 bridgehead atoms. The second kappa shape index (κ2) is 4.92. The van der Waals surface area contributed by atoms with E-state index in [0.717, 1.165) is 19.5 Å². The smallest absolute Gasteiger partial charge is 0.274 e. The van der Waals surface area contributed by atoms with Crippen LogP contribution in [0.2, 0.25) is 5.02 Å². The topological polar surface area (TPSA) is 45.2 Å². The number of halogens is 1. The largest absolute Gasteiger partial charge is 0.373 e. The number of carbonyl (C=O) groups excluding carboxylic acids is 1. The van der Waals surface area contributed by atoms with Crippen LogP contribution in [0.4, 0.5) is 5.82 Å². The molecule has 92 valence electrons. The molecular weight excluding hydrogens is 238 g/mol. The summed E-state index contributed by atoms with van der Waals surface area (Å²) in [6.07, 6.45) is 1.05. The summed E-state index contributed by atoms with van der Waals surface area (Å²) in [7, 11) is 1.77. The summed E-state index contributed by atoms with van der Waals surface area (Å²) in [5.41, 5.74) is 0.340. The first-order valence-corrected chi connectivity index (χ1v) is 6.13. The molecule has 0 saturated carbocycles. The Morgan fingerprint density at radius 3 is 2.94 bits per heavy atom. The number of nitrogens with one attached hydrogen (secondary N) is 1. The van der Waals surface area contributed by atoms with Crippen molar-refractivity contribution in [3.05, 3.63) is 22.8 Å². The van der Waals surface area contributed by atoms with E-state index >= 15 is 0 Å². The predicted octanol–water partition coefficient (Wildman–Crippen LogP) is 2.26. The van der Waals surface area contributed by atoms with E-state index in [-0.39, 0.29) is 5.91 Å². The summed E-state index contributed by atoms with van der Waals surface area (Å²) in [5.74, 6) is 1.15. The summed E-state index contributed by atoms with van der Waals surface area (Å²) in [5, 5.41) is 3.32. The van der Waals surface area contributed by atoms with Gasteiger partial charge in [-0.3, -0.25) is 4.79 Å². The molecular formula is C12H16ClN3O. The maximum Gasteiger partial charge on any atom is 0.274 e. The van der Waals surface area contributed by atoms with Crippen LogP contribution < -0.4 is 5.32 Å². The van der Waals surface area contributed by atoms with Crippen LogP contribution in [0, 0.1) is 5.92 Å². The molecule has 2 heterocycles. The number of anilines is 1. The standard InChI is InChI=1S/C12H16ClN3O/c1-8-5-6-16(7-8)12(17)11-9(13)3-4-10(14-2)15-11/h3-4,8H,5-7H2,1-2H3,(H,14,15). The molecule has 0 radical (unpaired) electrons. The fraction of sp³-hybridized carbons (Fsp3) is 0.500. The summed E-state index contributed by atoms with van der Waals surface area (Å²) >= 11 is 6.03. The second-order valence-corrected chi connectivity index (χ2v) is 4.83. The van der Waals surface area contributed by atoms with E-state index < -0.39 is 0 Å².